The van der Waals surface area contributed by atoms with E-state index in [0.29, 0.717) is 25.9 Å². The molecular formula is C17H22N4O3S. The van der Waals surface area contributed by atoms with Crippen LogP contribution in [0, 0.1) is 0 Å². The van der Waals surface area contributed by atoms with Crippen molar-refractivity contribution in [1.29, 1.82) is 0 Å². The van der Waals surface area contributed by atoms with Crippen LogP contribution in [0.2, 0.25) is 0 Å². The second kappa shape index (κ2) is 6.97. The van der Waals surface area contributed by atoms with Gasteiger partial charge in [-0.3, -0.25) is 4.79 Å². The highest BCUT2D eigenvalue weighted by Gasteiger charge is 2.37. The minimum Gasteiger partial charge on any atom is -0.340 e. The number of hydrogen-bond donors (Lipinski definition) is 0. The summed E-state index contributed by atoms with van der Waals surface area (Å²) in [5.74, 6) is -0.168. The van der Waals surface area contributed by atoms with Gasteiger partial charge < -0.3 is 4.90 Å². The minimum absolute atomic E-state index is 0.168. The van der Waals surface area contributed by atoms with Gasteiger partial charge in [0.05, 0.1) is 11.9 Å². The first-order valence-electron chi connectivity index (χ1n) is 8.17. The Morgan fingerprint density at radius 2 is 2.08 bits per heavy atom. The number of rotatable bonds is 5. The maximum atomic E-state index is 12.8. The first kappa shape index (κ1) is 17.6. The molecule has 2 heterocycles. The van der Waals surface area contributed by atoms with Gasteiger partial charge in [-0.05, 0) is 30.5 Å². The molecule has 0 spiro atoms. The quantitative estimate of drug-likeness (QED) is 0.802. The Morgan fingerprint density at radius 1 is 1.32 bits per heavy atom. The van der Waals surface area contributed by atoms with E-state index in [1.54, 1.807) is 22.8 Å². The number of sulfonamides is 1. The first-order valence-corrected chi connectivity index (χ1v) is 10.0. The van der Waals surface area contributed by atoms with Crippen LogP contribution in [-0.2, 0) is 21.4 Å². The molecule has 0 N–H and O–H groups in total. The number of likely N-dealkylation sites (N-methyl/N-ethyl adjacent to an activating group) is 1. The predicted molar refractivity (Wildman–Crippen MR) is 94.6 cm³/mol. The van der Waals surface area contributed by atoms with Crippen LogP contribution < -0.4 is 0 Å². The lowest BCUT2D eigenvalue weighted by molar-refractivity contribution is -0.133. The lowest BCUT2D eigenvalue weighted by atomic mass is 10.1. The summed E-state index contributed by atoms with van der Waals surface area (Å²) in [6.07, 6.45) is 5.99. The zero-order chi connectivity index (χ0) is 18.0. The van der Waals surface area contributed by atoms with Gasteiger partial charge >= 0.3 is 0 Å². The molecule has 1 aliphatic heterocycles. The average molecular weight is 362 g/mol. The maximum Gasteiger partial charge on any atom is 0.241 e. The molecule has 0 radical (unpaired) electrons. The molecule has 1 aromatic carbocycles. The Morgan fingerprint density at radius 3 is 2.76 bits per heavy atom. The number of carbonyl (C=O) groups is 1. The van der Waals surface area contributed by atoms with Gasteiger partial charge in [0.2, 0.25) is 15.9 Å². The molecule has 0 unspecified atom stereocenters. The van der Waals surface area contributed by atoms with Crippen molar-refractivity contribution in [2.45, 2.75) is 25.4 Å². The maximum absolute atomic E-state index is 12.8. The number of carbonyl (C=O) groups excluding carboxylic acids is 1. The molecule has 1 aliphatic rings. The Labute approximate surface area is 147 Å². The fourth-order valence-corrected chi connectivity index (χ4v) is 4.37. The Kier molecular flexibility index (Phi) is 4.91. The third kappa shape index (κ3) is 3.74. The zero-order valence-corrected chi connectivity index (χ0v) is 15.2. The number of nitrogens with zero attached hydrogens (tertiary/aromatic N) is 4. The van der Waals surface area contributed by atoms with Gasteiger partial charge in [0.25, 0.3) is 0 Å². The van der Waals surface area contributed by atoms with Crippen molar-refractivity contribution in [3.8, 4) is 5.69 Å². The highest BCUT2D eigenvalue weighted by Crippen LogP contribution is 2.23. The lowest BCUT2D eigenvalue weighted by Crippen LogP contribution is -2.46. The van der Waals surface area contributed by atoms with Crippen LogP contribution in [0.3, 0.4) is 0 Å². The van der Waals surface area contributed by atoms with E-state index in [9.17, 15) is 13.2 Å². The molecule has 2 aromatic rings. The van der Waals surface area contributed by atoms with Crippen LogP contribution in [0.25, 0.3) is 5.69 Å². The van der Waals surface area contributed by atoms with Gasteiger partial charge in [-0.1, -0.05) is 18.2 Å². The molecule has 1 amide bonds. The van der Waals surface area contributed by atoms with Gasteiger partial charge in [-0.15, -0.1) is 0 Å². The van der Waals surface area contributed by atoms with E-state index in [1.807, 2.05) is 36.5 Å². The fraction of sp³-hybridized carbons (Fsp3) is 0.412. The summed E-state index contributed by atoms with van der Waals surface area (Å²) < 4.78 is 26.8. The number of amides is 1. The van der Waals surface area contributed by atoms with Crippen molar-refractivity contribution in [3.05, 3.63) is 48.3 Å². The Bertz CT molecular complexity index is 849. The van der Waals surface area contributed by atoms with Crippen LogP contribution in [0.5, 0.6) is 0 Å². The van der Waals surface area contributed by atoms with Crippen LogP contribution in [0.1, 0.15) is 18.4 Å². The fourth-order valence-electron chi connectivity index (χ4n) is 3.25. The topological polar surface area (TPSA) is 75.5 Å². The minimum atomic E-state index is -3.38. The van der Waals surface area contributed by atoms with Crippen LogP contribution in [-0.4, -0.2) is 59.2 Å². The van der Waals surface area contributed by atoms with Crippen molar-refractivity contribution < 1.29 is 13.2 Å². The molecule has 7 nitrogen and oxygen atoms in total. The lowest BCUT2D eigenvalue weighted by Gasteiger charge is -2.27. The average Bonchev–Trinajstić information content (AvgIpc) is 3.25. The SMILES string of the molecule is CN(Cc1ccccc1-n1cccn1)C(=O)[C@@H]1CCCN1S(C)(=O)=O. The number of hydrogen-bond acceptors (Lipinski definition) is 4. The summed E-state index contributed by atoms with van der Waals surface area (Å²) in [4.78, 5) is 14.4. The van der Waals surface area contributed by atoms with E-state index >= 15 is 0 Å². The smallest absolute Gasteiger partial charge is 0.241 e. The van der Waals surface area contributed by atoms with Crippen LogP contribution in [0.15, 0.2) is 42.7 Å². The summed E-state index contributed by atoms with van der Waals surface area (Å²) in [5, 5.41) is 4.25. The number of aromatic nitrogens is 2. The number of para-hydroxylation sites is 1. The second-order valence-corrected chi connectivity index (χ2v) is 8.24. The molecule has 1 aromatic heterocycles. The summed E-state index contributed by atoms with van der Waals surface area (Å²) in [6, 6.07) is 8.97. The molecule has 8 heteroatoms. The Hall–Kier alpha value is -2.19. The molecule has 1 atom stereocenters. The molecule has 0 bridgehead atoms. The van der Waals surface area contributed by atoms with Crippen molar-refractivity contribution in [2.24, 2.45) is 0 Å². The molecular weight excluding hydrogens is 340 g/mol. The normalized spacial score (nSPS) is 18.4. The van der Waals surface area contributed by atoms with Gasteiger partial charge in [0.1, 0.15) is 6.04 Å². The van der Waals surface area contributed by atoms with E-state index in [4.69, 9.17) is 0 Å². The molecule has 3 rings (SSSR count). The zero-order valence-electron chi connectivity index (χ0n) is 14.4. The third-order valence-corrected chi connectivity index (χ3v) is 5.73. The summed E-state index contributed by atoms with van der Waals surface area (Å²) in [6.45, 7) is 0.802. The summed E-state index contributed by atoms with van der Waals surface area (Å²) in [5.41, 5.74) is 1.85. The van der Waals surface area contributed by atoms with Gasteiger partial charge in [-0.25, -0.2) is 13.1 Å². The van der Waals surface area contributed by atoms with Crippen molar-refractivity contribution in [3.63, 3.8) is 0 Å². The van der Waals surface area contributed by atoms with Gasteiger partial charge in [-0.2, -0.15) is 9.40 Å². The number of benzene rings is 1. The van der Waals surface area contributed by atoms with Gasteiger partial charge in [0, 0.05) is 32.5 Å². The highest BCUT2D eigenvalue weighted by atomic mass is 32.2. The van der Waals surface area contributed by atoms with Crippen LogP contribution in [0.4, 0.5) is 0 Å². The standard InChI is InChI=1S/C17H22N4O3S/c1-19(17(22)16-9-5-12-21(16)25(2,23)24)13-14-7-3-4-8-15(14)20-11-6-10-18-20/h3-4,6-8,10-11,16H,5,9,12-13H2,1-2H3/t16-/m0/s1. The summed E-state index contributed by atoms with van der Waals surface area (Å²) in [7, 11) is -1.67. The van der Waals surface area contributed by atoms with E-state index in [0.717, 1.165) is 17.5 Å². The largest absolute Gasteiger partial charge is 0.340 e. The highest BCUT2D eigenvalue weighted by molar-refractivity contribution is 7.88. The van der Waals surface area contributed by atoms with Gasteiger partial charge in [0.15, 0.2) is 0 Å². The monoisotopic (exact) mass is 362 g/mol. The van der Waals surface area contributed by atoms with Crippen molar-refractivity contribution in [2.75, 3.05) is 19.8 Å². The molecule has 0 aliphatic carbocycles. The molecule has 25 heavy (non-hydrogen) atoms. The molecule has 1 fully saturated rings. The first-order chi connectivity index (χ1) is 11.9. The van der Waals surface area contributed by atoms with E-state index in [2.05, 4.69) is 5.10 Å². The third-order valence-electron chi connectivity index (χ3n) is 4.44. The van der Waals surface area contributed by atoms with E-state index < -0.39 is 16.1 Å². The molecule has 0 saturated carbocycles. The Balaban J connectivity index is 1.79. The van der Waals surface area contributed by atoms with Crippen molar-refractivity contribution in [1.82, 2.24) is 19.0 Å². The second-order valence-electron chi connectivity index (χ2n) is 6.31. The predicted octanol–water partition coefficient (Wildman–Crippen LogP) is 1.25. The molecule has 134 valence electrons. The van der Waals surface area contributed by atoms with E-state index in [-0.39, 0.29) is 5.91 Å². The van der Waals surface area contributed by atoms with E-state index in [1.165, 1.54) is 4.31 Å². The summed E-state index contributed by atoms with van der Waals surface area (Å²) >= 11 is 0. The molecule has 1 saturated heterocycles. The van der Waals surface area contributed by atoms with Crippen molar-refractivity contribution >= 4 is 15.9 Å². The van der Waals surface area contributed by atoms with Crippen LogP contribution >= 0.6 is 0 Å².